The number of aryl methyl sites for hydroxylation is 2. The first-order chi connectivity index (χ1) is 9.81. The van der Waals surface area contributed by atoms with Crippen molar-refractivity contribution in [1.29, 1.82) is 0 Å². The molecule has 0 aliphatic heterocycles. The molecule has 8 heteroatoms. The first-order valence-electron chi connectivity index (χ1n) is 6.14. The number of anilines is 1. The maximum absolute atomic E-state index is 13.8. The number of nitro benzene ring substituents is 1. The molecule has 2 rings (SSSR count). The molecular weight excluding hydrogens is 284 g/mol. The van der Waals surface area contributed by atoms with Crippen LogP contribution in [0.4, 0.5) is 20.2 Å². The third-order valence-electron chi connectivity index (χ3n) is 3.12. The SMILES string of the molecule is Cc1noc(C)c1C(C)Nc1c(F)cc([N+](=O)[O-])cc1F. The number of hydrogen-bond donors (Lipinski definition) is 1. The average Bonchev–Trinajstić information content (AvgIpc) is 2.73. The van der Waals surface area contributed by atoms with Gasteiger partial charge < -0.3 is 9.84 Å². The number of nitro groups is 1. The molecule has 21 heavy (non-hydrogen) atoms. The van der Waals surface area contributed by atoms with E-state index < -0.39 is 34.0 Å². The van der Waals surface area contributed by atoms with E-state index in [0.717, 1.165) is 0 Å². The van der Waals surface area contributed by atoms with Gasteiger partial charge in [-0.05, 0) is 20.8 Å². The molecule has 0 aliphatic rings. The van der Waals surface area contributed by atoms with Crippen LogP contribution in [0.15, 0.2) is 16.7 Å². The van der Waals surface area contributed by atoms with E-state index in [2.05, 4.69) is 10.5 Å². The van der Waals surface area contributed by atoms with Crippen LogP contribution in [0.5, 0.6) is 0 Å². The number of aromatic nitrogens is 1. The molecule has 112 valence electrons. The second kappa shape index (κ2) is 5.47. The second-order valence-corrected chi connectivity index (χ2v) is 4.65. The molecule has 2 aromatic rings. The van der Waals surface area contributed by atoms with Crippen molar-refractivity contribution in [3.8, 4) is 0 Å². The Balaban J connectivity index is 2.34. The Kier molecular flexibility index (Phi) is 3.88. The highest BCUT2D eigenvalue weighted by atomic mass is 19.1. The molecule has 1 aromatic carbocycles. The molecule has 0 aliphatic carbocycles. The lowest BCUT2D eigenvalue weighted by Gasteiger charge is -2.16. The third kappa shape index (κ3) is 2.83. The zero-order chi connectivity index (χ0) is 15.7. The highest BCUT2D eigenvalue weighted by molar-refractivity contribution is 5.53. The predicted molar refractivity (Wildman–Crippen MR) is 71.0 cm³/mol. The van der Waals surface area contributed by atoms with Crippen LogP contribution in [0.1, 0.15) is 30.0 Å². The number of hydrogen-bond acceptors (Lipinski definition) is 5. The molecule has 1 heterocycles. The van der Waals surface area contributed by atoms with Gasteiger partial charge in [0.15, 0.2) is 11.6 Å². The first-order valence-corrected chi connectivity index (χ1v) is 6.14. The standard InChI is InChI=1S/C13H13F2N3O3/c1-6(12-7(2)17-21-8(12)3)16-13-10(14)4-9(18(19)20)5-11(13)15/h4-6,16H,1-3H3. The van der Waals surface area contributed by atoms with Gasteiger partial charge >= 0.3 is 0 Å². The summed E-state index contributed by atoms with van der Waals surface area (Å²) in [6.07, 6.45) is 0. The summed E-state index contributed by atoms with van der Waals surface area (Å²) in [5, 5.41) is 17.0. The highest BCUT2D eigenvalue weighted by Gasteiger charge is 2.21. The summed E-state index contributed by atoms with van der Waals surface area (Å²) >= 11 is 0. The van der Waals surface area contributed by atoms with E-state index in [-0.39, 0.29) is 0 Å². The second-order valence-electron chi connectivity index (χ2n) is 4.65. The van der Waals surface area contributed by atoms with Crippen molar-refractivity contribution in [2.75, 3.05) is 5.32 Å². The topological polar surface area (TPSA) is 81.2 Å². The molecule has 0 radical (unpaired) electrons. The Hall–Kier alpha value is -2.51. The summed E-state index contributed by atoms with van der Waals surface area (Å²) in [5.41, 5.74) is 0.232. The summed E-state index contributed by atoms with van der Waals surface area (Å²) in [5.74, 6) is -1.52. The lowest BCUT2D eigenvalue weighted by Crippen LogP contribution is -2.11. The van der Waals surface area contributed by atoms with Crippen LogP contribution in [-0.4, -0.2) is 10.1 Å². The summed E-state index contributed by atoms with van der Waals surface area (Å²) in [7, 11) is 0. The average molecular weight is 297 g/mol. The Morgan fingerprint density at radius 2 is 1.90 bits per heavy atom. The molecule has 0 bridgehead atoms. The van der Waals surface area contributed by atoms with Crippen molar-refractivity contribution in [3.63, 3.8) is 0 Å². The Labute approximate surface area is 118 Å². The lowest BCUT2D eigenvalue weighted by atomic mass is 10.1. The minimum absolute atomic E-state index is 0.423. The Bertz CT molecular complexity index is 657. The molecule has 0 saturated heterocycles. The van der Waals surface area contributed by atoms with E-state index in [4.69, 9.17) is 4.52 Å². The van der Waals surface area contributed by atoms with Crippen molar-refractivity contribution >= 4 is 11.4 Å². The molecular formula is C13H13F2N3O3. The van der Waals surface area contributed by atoms with E-state index in [1.54, 1.807) is 20.8 Å². The number of nitrogens with one attached hydrogen (secondary N) is 1. The van der Waals surface area contributed by atoms with Crippen LogP contribution in [0.3, 0.4) is 0 Å². The molecule has 0 amide bonds. The van der Waals surface area contributed by atoms with Crippen molar-refractivity contribution in [2.45, 2.75) is 26.8 Å². The molecule has 0 spiro atoms. The Morgan fingerprint density at radius 3 is 2.33 bits per heavy atom. The summed E-state index contributed by atoms with van der Waals surface area (Å²) < 4.78 is 32.7. The molecule has 1 unspecified atom stereocenters. The quantitative estimate of drug-likeness (QED) is 0.688. The fourth-order valence-corrected chi connectivity index (χ4v) is 2.20. The van der Waals surface area contributed by atoms with Gasteiger partial charge in [0.05, 0.1) is 28.8 Å². The summed E-state index contributed by atoms with van der Waals surface area (Å²) in [4.78, 5) is 9.69. The normalized spacial score (nSPS) is 12.2. The molecule has 6 nitrogen and oxygen atoms in total. The van der Waals surface area contributed by atoms with E-state index in [9.17, 15) is 18.9 Å². The number of benzene rings is 1. The van der Waals surface area contributed by atoms with E-state index in [1.807, 2.05) is 0 Å². The largest absolute Gasteiger partial charge is 0.374 e. The van der Waals surface area contributed by atoms with Crippen LogP contribution in [0.2, 0.25) is 0 Å². The van der Waals surface area contributed by atoms with Gasteiger partial charge in [0.25, 0.3) is 5.69 Å². The zero-order valence-corrected chi connectivity index (χ0v) is 11.6. The zero-order valence-electron chi connectivity index (χ0n) is 11.6. The lowest BCUT2D eigenvalue weighted by molar-refractivity contribution is -0.385. The molecule has 1 aromatic heterocycles. The predicted octanol–water partition coefficient (Wildman–Crippen LogP) is 3.65. The van der Waals surface area contributed by atoms with Gasteiger partial charge in [0, 0.05) is 5.56 Å². The number of halogens is 2. The minimum atomic E-state index is -1.03. The monoisotopic (exact) mass is 297 g/mol. The summed E-state index contributed by atoms with van der Waals surface area (Å²) in [6.45, 7) is 5.09. The van der Waals surface area contributed by atoms with Crippen molar-refractivity contribution in [2.24, 2.45) is 0 Å². The molecule has 1 N–H and O–H groups in total. The van der Waals surface area contributed by atoms with Crippen LogP contribution in [-0.2, 0) is 0 Å². The van der Waals surface area contributed by atoms with Gasteiger partial charge in [0.2, 0.25) is 0 Å². The van der Waals surface area contributed by atoms with Crippen molar-refractivity contribution in [1.82, 2.24) is 5.16 Å². The van der Waals surface area contributed by atoms with Gasteiger partial charge in [-0.3, -0.25) is 10.1 Å². The summed E-state index contributed by atoms with van der Waals surface area (Å²) in [6, 6.07) is 0.874. The molecule has 0 saturated carbocycles. The van der Waals surface area contributed by atoms with Crippen molar-refractivity contribution < 1.29 is 18.2 Å². The van der Waals surface area contributed by atoms with Gasteiger partial charge in [-0.15, -0.1) is 0 Å². The van der Waals surface area contributed by atoms with Crippen LogP contribution in [0.25, 0.3) is 0 Å². The van der Waals surface area contributed by atoms with Crippen LogP contribution >= 0.6 is 0 Å². The van der Waals surface area contributed by atoms with Crippen molar-refractivity contribution in [3.05, 3.63) is 50.9 Å². The number of rotatable bonds is 4. The van der Waals surface area contributed by atoms with Crippen LogP contribution in [0, 0.1) is 35.6 Å². The molecule has 0 fully saturated rings. The smallest absolute Gasteiger partial charge is 0.275 e. The maximum atomic E-state index is 13.8. The fourth-order valence-electron chi connectivity index (χ4n) is 2.20. The third-order valence-corrected chi connectivity index (χ3v) is 3.12. The number of non-ortho nitro benzene ring substituents is 1. The van der Waals surface area contributed by atoms with Gasteiger partial charge in [0.1, 0.15) is 11.4 Å². The van der Waals surface area contributed by atoms with E-state index in [0.29, 0.717) is 29.2 Å². The first kappa shape index (κ1) is 14.9. The van der Waals surface area contributed by atoms with Gasteiger partial charge in [-0.1, -0.05) is 5.16 Å². The number of nitrogens with zero attached hydrogens (tertiary/aromatic N) is 2. The van der Waals surface area contributed by atoms with E-state index in [1.165, 1.54) is 0 Å². The molecule has 1 atom stereocenters. The minimum Gasteiger partial charge on any atom is -0.374 e. The Morgan fingerprint density at radius 1 is 1.33 bits per heavy atom. The maximum Gasteiger partial charge on any atom is 0.275 e. The van der Waals surface area contributed by atoms with Crippen LogP contribution < -0.4 is 5.32 Å². The van der Waals surface area contributed by atoms with Gasteiger partial charge in [-0.25, -0.2) is 8.78 Å². The van der Waals surface area contributed by atoms with Gasteiger partial charge in [-0.2, -0.15) is 0 Å². The fraction of sp³-hybridized carbons (Fsp3) is 0.308. The van der Waals surface area contributed by atoms with E-state index >= 15 is 0 Å². The highest BCUT2D eigenvalue weighted by Crippen LogP contribution is 2.30.